The number of hydrogen-bond acceptors (Lipinski definition) is 7. The first kappa shape index (κ1) is 20.2. The Morgan fingerprint density at radius 1 is 1.37 bits per heavy atom. The van der Waals surface area contributed by atoms with Crippen molar-refractivity contribution in [2.45, 2.75) is 11.7 Å². The quantitative estimate of drug-likeness (QED) is 0.342. The number of thiophene rings is 1. The summed E-state index contributed by atoms with van der Waals surface area (Å²) in [5.41, 5.74) is 0.615. The molecule has 30 heavy (non-hydrogen) atoms. The Balaban J connectivity index is 1.63. The summed E-state index contributed by atoms with van der Waals surface area (Å²) in [5, 5.41) is 15.3. The van der Waals surface area contributed by atoms with Crippen LogP contribution in [0, 0.1) is 11.3 Å². The molecular weight excluding hydrogens is 444 g/mol. The normalized spacial score (nSPS) is 10.8. The first-order valence-corrected chi connectivity index (χ1v) is 10.9. The van der Waals surface area contributed by atoms with Crippen LogP contribution in [0.2, 0.25) is 5.02 Å². The summed E-state index contributed by atoms with van der Waals surface area (Å²) in [6, 6.07) is 12.1. The maximum absolute atomic E-state index is 13.1. The summed E-state index contributed by atoms with van der Waals surface area (Å²) in [6.07, 6.45) is 1.53. The number of amides is 1. The van der Waals surface area contributed by atoms with Gasteiger partial charge in [0.15, 0.2) is 5.16 Å². The van der Waals surface area contributed by atoms with Crippen molar-refractivity contribution < 1.29 is 9.21 Å². The van der Waals surface area contributed by atoms with Crippen molar-refractivity contribution in [3.8, 4) is 6.07 Å². The number of rotatable bonds is 6. The molecule has 3 heterocycles. The molecule has 0 radical (unpaired) electrons. The van der Waals surface area contributed by atoms with Crippen LogP contribution in [0.5, 0.6) is 0 Å². The largest absolute Gasteiger partial charge is 0.467 e. The fourth-order valence-electron chi connectivity index (χ4n) is 2.77. The zero-order valence-corrected chi connectivity index (χ0v) is 17.7. The zero-order valence-electron chi connectivity index (χ0n) is 15.3. The Hall–Kier alpha value is -3.06. The van der Waals surface area contributed by atoms with Crippen LogP contribution in [-0.2, 0) is 11.3 Å². The van der Waals surface area contributed by atoms with Crippen LogP contribution in [-0.4, -0.2) is 21.2 Å². The van der Waals surface area contributed by atoms with Crippen molar-refractivity contribution >= 4 is 56.5 Å². The number of aromatic nitrogens is 2. The molecule has 3 aromatic heterocycles. The van der Waals surface area contributed by atoms with Crippen molar-refractivity contribution in [2.24, 2.45) is 0 Å². The van der Waals surface area contributed by atoms with Gasteiger partial charge in [-0.3, -0.25) is 14.2 Å². The van der Waals surface area contributed by atoms with Crippen LogP contribution in [0.25, 0.3) is 10.9 Å². The molecule has 0 spiro atoms. The second kappa shape index (κ2) is 8.75. The van der Waals surface area contributed by atoms with Gasteiger partial charge in [-0.25, -0.2) is 4.98 Å². The number of anilines is 1. The van der Waals surface area contributed by atoms with Crippen LogP contribution < -0.4 is 10.9 Å². The molecule has 1 amide bonds. The summed E-state index contributed by atoms with van der Waals surface area (Å²) in [7, 11) is 0. The van der Waals surface area contributed by atoms with Gasteiger partial charge in [-0.05, 0) is 41.8 Å². The average molecular weight is 457 g/mol. The summed E-state index contributed by atoms with van der Waals surface area (Å²) in [6.45, 7) is 0.185. The summed E-state index contributed by atoms with van der Waals surface area (Å²) in [4.78, 5) is 30.0. The van der Waals surface area contributed by atoms with Gasteiger partial charge in [0.25, 0.3) is 5.56 Å². The lowest BCUT2D eigenvalue weighted by atomic mass is 10.2. The van der Waals surface area contributed by atoms with Gasteiger partial charge in [-0.2, -0.15) is 5.26 Å². The molecule has 0 saturated heterocycles. The van der Waals surface area contributed by atoms with Gasteiger partial charge in [0.1, 0.15) is 16.8 Å². The third kappa shape index (κ3) is 4.26. The maximum Gasteiger partial charge on any atom is 0.262 e. The molecule has 1 aromatic carbocycles. The highest BCUT2D eigenvalue weighted by Gasteiger charge is 2.16. The Kier molecular flexibility index (Phi) is 5.90. The SMILES string of the molecule is N#Cc1ccsc1NC(=O)CSc1nc2cc(Cl)ccc2c(=O)n1Cc1ccco1. The number of nitriles is 1. The van der Waals surface area contributed by atoms with Crippen molar-refractivity contribution in [3.63, 3.8) is 0 Å². The fourth-order valence-corrected chi connectivity index (χ4v) is 4.49. The monoisotopic (exact) mass is 456 g/mol. The lowest BCUT2D eigenvalue weighted by Crippen LogP contribution is -2.24. The second-order valence-corrected chi connectivity index (χ2v) is 8.43. The molecule has 0 unspecified atom stereocenters. The molecule has 0 saturated carbocycles. The minimum absolute atomic E-state index is 0.0133. The second-order valence-electron chi connectivity index (χ2n) is 6.14. The van der Waals surface area contributed by atoms with Crippen molar-refractivity contribution in [2.75, 3.05) is 11.1 Å². The maximum atomic E-state index is 13.1. The summed E-state index contributed by atoms with van der Waals surface area (Å²) in [5.74, 6) is 0.305. The van der Waals surface area contributed by atoms with Gasteiger partial charge in [0.2, 0.25) is 5.91 Å². The molecule has 7 nitrogen and oxygen atoms in total. The van der Waals surface area contributed by atoms with Crippen molar-refractivity contribution in [3.05, 3.63) is 74.7 Å². The smallest absolute Gasteiger partial charge is 0.262 e. The number of furan rings is 1. The molecule has 150 valence electrons. The minimum Gasteiger partial charge on any atom is -0.467 e. The molecule has 0 bridgehead atoms. The van der Waals surface area contributed by atoms with E-state index in [-0.39, 0.29) is 23.8 Å². The van der Waals surface area contributed by atoms with Crippen LogP contribution in [0.15, 0.2) is 62.4 Å². The van der Waals surface area contributed by atoms with E-state index in [1.165, 1.54) is 22.2 Å². The number of nitrogens with zero attached hydrogens (tertiary/aromatic N) is 3. The topological polar surface area (TPSA) is 101 Å². The lowest BCUT2D eigenvalue weighted by Gasteiger charge is -2.12. The van der Waals surface area contributed by atoms with E-state index in [0.717, 1.165) is 11.8 Å². The first-order valence-electron chi connectivity index (χ1n) is 8.68. The molecule has 1 N–H and O–H groups in total. The molecule has 0 aliphatic rings. The van der Waals surface area contributed by atoms with E-state index in [9.17, 15) is 9.59 Å². The average Bonchev–Trinajstić information content (AvgIpc) is 3.40. The Morgan fingerprint density at radius 2 is 2.23 bits per heavy atom. The summed E-state index contributed by atoms with van der Waals surface area (Å²) < 4.78 is 6.84. The number of nitrogens with one attached hydrogen (secondary N) is 1. The molecule has 4 rings (SSSR count). The molecule has 0 aliphatic carbocycles. The zero-order chi connectivity index (χ0) is 21.1. The Labute approximate surface area is 183 Å². The van der Waals surface area contributed by atoms with Crippen LogP contribution in [0.4, 0.5) is 5.00 Å². The number of halogens is 1. The van der Waals surface area contributed by atoms with Crippen molar-refractivity contribution in [1.82, 2.24) is 9.55 Å². The molecule has 10 heteroatoms. The molecule has 0 fully saturated rings. The first-order chi connectivity index (χ1) is 14.5. The molecule has 4 aromatic rings. The van der Waals surface area contributed by atoms with E-state index in [0.29, 0.717) is 37.4 Å². The highest BCUT2D eigenvalue weighted by Crippen LogP contribution is 2.24. The summed E-state index contributed by atoms with van der Waals surface area (Å²) >= 11 is 8.45. The number of benzene rings is 1. The Morgan fingerprint density at radius 3 is 3.00 bits per heavy atom. The van der Waals surface area contributed by atoms with E-state index >= 15 is 0 Å². The highest BCUT2D eigenvalue weighted by molar-refractivity contribution is 7.99. The number of fused-ring (bicyclic) bond motifs is 1. The van der Waals surface area contributed by atoms with Gasteiger partial charge in [-0.1, -0.05) is 23.4 Å². The van der Waals surface area contributed by atoms with Gasteiger partial charge in [-0.15, -0.1) is 11.3 Å². The van der Waals surface area contributed by atoms with Crippen LogP contribution >= 0.6 is 34.7 Å². The number of carbonyl (C=O) groups is 1. The van der Waals surface area contributed by atoms with E-state index in [1.807, 2.05) is 6.07 Å². The standard InChI is InChI=1S/C20H13ClN4O3S2/c21-13-3-4-15-16(8-13)23-20(25(19(15)27)10-14-2-1-6-28-14)30-11-17(26)24-18-12(9-22)5-7-29-18/h1-8H,10-11H2,(H,24,26). The predicted octanol–water partition coefficient (Wildman–Crippen LogP) is 4.36. The minimum atomic E-state index is -0.302. The number of thioether (sulfide) groups is 1. The van der Waals surface area contributed by atoms with Crippen molar-refractivity contribution in [1.29, 1.82) is 5.26 Å². The van der Waals surface area contributed by atoms with E-state index in [2.05, 4.69) is 10.3 Å². The van der Waals surface area contributed by atoms with Gasteiger partial charge in [0.05, 0.1) is 35.0 Å². The third-order valence-corrected chi connectivity index (χ3v) is 6.19. The van der Waals surface area contributed by atoms with Gasteiger partial charge in [0, 0.05) is 5.02 Å². The molecule has 0 aliphatic heterocycles. The third-order valence-electron chi connectivity index (χ3n) is 4.15. The van der Waals surface area contributed by atoms with E-state index < -0.39 is 0 Å². The highest BCUT2D eigenvalue weighted by atomic mass is 35.5. The Bertz CT molecular complexity index is 1320. The van der Waals surface area contributed by atoms with Crippen LogP contribution in [0.1, 0.15) is 11.3 Å². The predicted molar refractivity (Wildman–Crippen MR) is 117 cm³/mol. The fraction of sp³-hybridized carbons (Fsp3) is 0.100. The van der Waals surface area contributed by atoms with E-state index in [4.69, 9.17) is 21.3 Å². The van der Waals surface area contributed by atoms with E-state index in [1.54, 1.807) is 41.8 Å². The molecule has 0 atom stereocenters. The number of carbonyl (C=O) groups excluding carboxylic acids is 1. The molecular formula is C20H13ClN4O3S2. The van der Waals surface area contributed by atoms with Gasteiger partial charge >= 0.3 is 0 Å². The van der Waals surface area contributed by atoms with Crippen LogP contribution in [0.3, 0.4) is 0 Å². The number of hydrogen-bond donors (Lipinski definition) is 1. The lowest BCUT2D eigenvalue weighted by molar-refractivity contribution is -0.113. The van der Waals surface area contributed by atoms with Gasteiger partial charge < -0.3 is 9.73 Å².